The average molecular weight is 316 g/mol. The second kappa shape index (κ2) is 7.22. The highest BCUT2D eigenvalue weighted by atomic mass is 79.9. The maximum atomic E-state index is 10.5. The van der Waals surface area contributed by atoms with E-state index >= 15 is 0 Å². The van der Waals surface area contributed by atoms with Crippen molar-refractivity contribution in [3.63, 3.8) is 0 Å². The van der Waals surface area contributed by atoms with Crippen molar-refractivity contribution in [1.29, 1.82) is 0 Å². The molecule has 1 rings (SSSR count). The van der Waals surface area contributed by atoms with Crippen LogP contribution in [0.15, 0.2) is 22.9 Å². The molecule has 0 fully saturated rings. The predicted octanol–water partition coefficient (Wildman–Crippen LogP) is 3.34. The molecule has 1 atom stereocenters. The molecule has 1 heterocycles. The molecule has 0 amide bonds. The van der Waals surface area contributed by atoms with Crippen LogP contribution in [0.25, 0.3) is 0 Å². The van der Waals surface area contributed by atoms with Crippen molar-refractivity contribution in [3.05, 3.63) is 28.5 Å². The van der Waals surface area contributed by atoms with Crippen LogP contribution in [0.3, 0.4) is 0 Å². The van der Waals surface area contributed by atoms with Gasteiger partial charge in [0, 0.05) is 29.9 Å². The highest BCUT2D eigenvalue weighted by molar-refractivity contribution is 9.10. The maximum absolute atomic E-state index is 10.5. The van der Waals surface area contributed by atoms with Crippen molar-refractivity contribution >= 4 is 15.9 Å². The summed E-state index contributed by atoms with van der Waals surface area (Å²) in [5, 5.41) is 10.5. The Morgan fingerprint density at radius 1 is 1.33 bits per heavy atom. The summed E-state index contributed by atoms with van der Waals surface area (Å²) in [5.41, 5.74) is 0.569. The third-order valence-electron chi connectivity index (χ3n) is 3.43. The van der Waals surface area contributed by atoms with Gasteiger partial charge in [0.1, 0.15) is 0 Å². The first kappa shape index (κ1) is 15.6. The van der Waals surface area contributed by atoms with Crippen molar-refractivity contribution in [2.24, 2.45) is 0 Å². The van der Waals surface area contributed by atoms with Crippen LogP contribution in [0.2, 0.25) is 0 Å². The van der Waals surface area contributed by atoms with Gasteiger partial charge >= 0.3 is 0 Å². The summed E-state index contributed by atoms with van der Waals surface area (Å²) in [6.07, 6.45) is 5.19. The third-order valence-corrected chi connectivity index (χ3v) is 3.86. The summed E-state index contributed by atoms with van der Waals surface area (Å²) in [6.45, 7) is 6.70. The fraction of sp³-hybridized carbons (Fsp3) is 0.643. The van der Waals surface area contributed by atoms with E-state index < -0.39 is 11.7 Å². The van der Waals surface area contributed by atoms with E-state index in [-0.39, 0.29) is 0 Å². The molecule has 0 aliphatic carbocycles. The second-order valence-electron chi connectivity index (χ2n) is 4.44. The monoisotopic (exact) mass is 315 g/mol. The van der Waals surface area contributed by atoms with Crippen LogP contribution in [0.4, 0.5) is 0 Å². The van der Waals surface area contributed by atoms with Crippen molar-refractivity contribution in [1.82, 2.24) is 4.98 Å². The van der Waals surface area contributed by atoms with Gasteiger partial charge in [-0.25, -0.2) is 0 Å². The quantitative estimate of drug-likeness (QED) is 0.839. The van der Waals surface area contributed by atoms with Gasteiger partial charge in [-0.15, -0.1) is 0 Å². The molecule has 1 unspecified atom stereocenters. The molecule has 0 aliphatic rings. The summed E-state index contributed by atoms with van der Waals surface area (Å²) in [7, 11) is 0. The molecule has 1 N–H and O–H groups in total. The zero-order chi connectivity index (χ0) is 13.6. The summed E-state index contributed by atoms with van der Waals surface area (Å²) in [4.78, 5) is 4.12. The van der Waals surface area contributed by atoms with Crippen molar-refractivity contribution in [2.45, 2.75) is 51.7 Å². The van der Waals surface area contributed by atoms with E-state index in [9.17, 15) is 5.11 Å². The first-order valence-electron chi connectivity index (χ1n) is 6.49. The normalized spacial score (nSPS) is 13.6. The van der Waals surface area contributed by atoms with Crippen LogP contribution >= 0.6 is 15.9 Å². The Bertz CT molecular complexity index is 367. The summed E-state index contributed by atoms with van der Waals surface area (Å²) < 4.78 is 6.74. The van der Waals surface area contributed by atoms with Crippen LogP contribution in [0, 0.1) is 0 Å². The van der Waals surface area contributed by atoms with Crippen LogP contribution in [0.5, 0.6) is 0 Å². The molecule has 1 aromatic heterocycles. The maximum Gasteiger partial charge on any atom is 0.0938 e. The summed E-state index contributed by atoms with van der Waals surface area (Å²) >= 11 is 3.39. The number of nitrogens with zero attached hydrogens (tertiary/aromatic N) is 1. The zero-order valence-corrected chi connectivity index (χ0v) is 12.9. The average Bonchev–Trinajstić information content (AvgIpc) is 2.36. The van der Waals surface area contributed by atoms with E-state index in [4.69, 9.17) is 4.74 Å². The van der Waals surface area contributed by atoms with Gasteiger partial charge in [0.25, 0.3) is 0 Å². The largest absolute Gasteiger partial charge is 0.390 e. The van der Waals surface area contributed by atoms with Crippen LogP contribution in [-0.2, 0) is 11.2 Å². The molecule has 0 aliphatic heterocycles. The molecule has 1 aromatic rings. The van der Waals surface area contributed by atoms with E-state index in [1.807, 2.05) is 13.0 Å². The molecular formula is C14H22BrNO2. The smallest absolute Gasteiger partial charge is 0.0938 e. The minimum absolute atomic E-state index is 0.447. The van der Waals surface area contributed by atoms with Crippen molar-refractivity contribution in [2.75, 3.05) is 6.61 Å². The standard InChI is InChI=1S/C14H22BrNO2/c1-4-14(5-2,18-6-3)13(17)8-11-7-12(15)10-16-9-11/h7,9-10,13,17H,4-6,8H2,1-3H3. The summed E-state index contributed by atoms with van der Waals surface area (Å²) in [6, 6.07) is 1.98. The fourth-order valence-corrected chi connectivity index (χ4v) is 2.70. The first-order valence-corrected chi connectivity index (χ1v) is 7.28. The highest BCUT2D eigenvalue weighted by Crippen LogP contribution is 2.27. The number of rotatable bonds is 7. The lowest BCUT2D eigenvalue weighted by molar-refractivity contribution is -0.124. The van der Waals surface area contributed by atoms with Gasteiger partial charge in [-0.2, -0.15) is 0 Å². The molecule has 0 aromatic carbocycles. The Balaban J connectivity index is 2.81. The van der Waals surface area contributed by atoms with Gasteiger partial charge in [0.05, 0.1) is 11.7 Å². The van der Waals surface area contributed by atoms with E-state index in [0.29, 0.717) is 13.0 Å². The Morgan fingerprint density at radius 3 is 2.50 bits per heavy atom. The zero-order valence-electron chi connectivity index (χ0n) is 11.3. The van der Waals surface area contributed by atoms with Gasteiger partial charge < -0.3 is 9.84 Å². The van der Waals surface area contributed by atoms with Gasteiger partial charge in [0.2, 0.25) is 0 Å². The molecule has 0 radical (unpaired) electrons. The number of aromatic nitrogens is 1. The fourth-order valence-electron chi connectivity index (χ4n) is 2.29. The minimum atomic E-state index is -0.511. The molecule has 4 heteroatoms. The lowest BCUT2D eigenvalue weighted by Crippen LogP contribution is -2.45. The van der Waals surface area contributed by atoms with Crippen LogP contribution in [-0.4, -0.2) is 28.4 Å². The molecule has 18 heavy (non-hydrogen) atoms. The van der Waals surface area contributed by atoms with Crippen LogP contribution < -0.4 is 0 Å². The second-order valence-corrected chi connectivity index (χ2v) is 5.35. The van der Waals surface area contributed by atoms with E-state index in [1.165, 1.54) is 0 Å². The third kappa shape index (κ3) is 3.77. The number of hydrogen-bond acceptors (Lipinski definition) is 3. The van der Waals surface area contributed by atoms with E-state index in [0.717, 1.165) is 22.9 Å². The Kier molecular flexibility index (Phi) is 6.26. The lowest BCUT2D eigenvalue weighted by atomic mass is 9.87. The molecule has 0 saturated carbocycles. The minimum Gasteiger partial charge on any atom is -0.390 e. The number of pyridine rings is 1. The topological polar surface area (TPSA) is 42.4 Å². The Labute approximate surface area is 118 Å². The Morgan fingerprint density at radius 2 is 2.00 bits per heavy atom. The first-order chi connectivity index (χ1) is 8.57. The number of ether oxygens (including phenoxy) is 1. The number of aliphatic hydroxyl groups excluding tert-OH is 1. The SMILES string of the molecule is CCOC(CC)(CC)C(O)Cc1cncc(Br)c1. The molecule has 0 bridgehead atoms. The summed E-state index contributed by atoms with van der Waals surface area (Å²) in [5.74, 6) is 0. The highest BCUT2D eigenvalue weighted by Gasteiger charge is 2.35. The molecule has 0 spiro atoms. The number of aliphatic hydroxyl groups is 1. The lowest BCUT2D eigenvalue weighted by Gasteiger charge is -2.36. The van der Waals surface area contributed by atoms with Crippen molar-refractivity contribution < 1.29 is 9.84 Å². The number of hydrogen-bond donors (Lipinski definition) is 1. The van der Waals surface area contributed by atoms with E-state index in [2.05, 4.69) is 34.8 Å². The molecule has 3 nitrogen and oxygen atoms in total. The predicted molar refractivity (Wildman–Crippen MR) is 76.6 cm³/mol. The van der Waals surface area contributed by atoms with Crippen LogP contribution in [0.1, 0.15) is 39.2 Å². The molecular weight excluding hydrogens is 294 g/mol. The van der Waals surface area contributed by atoms with Crippen molar-refractivity contribution in [3.8, 4) is 0 Å². The number of halogens is 1. The van der Waals surface area contributed by atoms with Gasteiger partial charge in [-0.1, -0.05) is 13.8 Å². The van der Waals surface area contributed by atoms with E-state index in [1.54, 1.807) is 12.4 Å². The molecule has 102 valence electrons. The Hall–Kier alpha value is -0.450. The van der Waals surface area contributed by atoms with Gasteiger partial charge in [0.15, 0.2) is 0 Å². The van der Waals surface area contributed by atoms with Gasteiger partial charge in [-0.05, 0) is 47.3 Å². The molecule has 0 saturated heterocycles. The van der Waals surface area contributed by atoms with Gasteiger partial charge in [-0.3, -0.25) is 4.98 Å².